The number of amides is 2. The SMILES string of the molecule is CC(C)C(=O)NOC(=O)Nc1ccccc1. The Morgan fingerprint density at radius 3 is 2.38 bits per heavy atom. The molecule has 2 N–H and O–H groups in total. The van der Waals surface area contributed by atoms with Crippen molar-refractivity contribution in [3.63, 3.8) is 0 Å². The predicted molar refractivity (Wildman–Crippen MR) is 59.5 cm³/mol. The van der Waals surface area contributed by atoms with E-state index < -0.39 is 6.09 Å². The van der Waals surface area contributed by atoms with Crippen LogP contribution < -0.4 is 10.8 Å². The number of hydrogen-bond donors (Lipinski definition) is 2. The molecular weight excluding hydrogens is 208 g/mol. The number of carbonyl (C=O) groups is 2. The van der Waals surface area contributed by atoms with E-state index in [4.69, 9.17) is 0 Å². The van der Waals surface area contributed by atoms with E-state index in [-0.39, 0.29) is 11.8 Å². The molecule has 86 valence electrons. The Morgan fingerprint density at radius 2 is 1.81 bits per heavy atom. The Bertz CT molecular complexity index is 363. The Labute approximate surface area is 93.7 Å². The number of benzene rings is 1. The first kappa shape index (κ1) is 12.0. The summed E-state index contributed by atoms with van der Waals surface area (Å²) in [6.07, 6.45) is -0.722. The molecule has 0 spiro atoms. The van der Waals surface area contributed by atoms with Gasteiger partial charge in [-0.25, -0.2) is 4.79 Å². The zero-order valence-electron chi connectivity index (χ0n) is 9.19. The van der Waals surface area contributed by atoms with Crippen molar-refractivity contribution in [3.8, 4) is 0 Å². The Morgan fingerprint density at radius 1 is 1.19 bits per heavy atom. The molecule has 0 aromatic heterocycles. The number of rotatable bonds is 2. The maximum absolute atomic E-state index is 11.2. The highest BCUT2D eigenvalue weighted by Crippen LogP contribution is 2.04. The van der Waals surface area contributed by atoms with Gasteiger partial charge in [-0.3, -0.25) is 10.1 Å². The van der Waals surface area contributed by atoms with E-state index in [2.05, 4.69) is 15.6 Å². The fourth-order valence-corrected chi connectivity index (χ4v) is 0.879. The predicted octanol–water partition coefficient (Wildman–Crippen LogP) is 1.92. The third-order valence-electron chi connectivity index (χ3n) is 1.79. The van der Waals surface area contributed by atoms with Crippen LogP contribution in [0.5, 0.6) is 0 Å². The van der Waals surface area contributed by atoms with E-state index in [9.17, 15) is 9.59 Å². The molecule has 0 aliphatic carbocycles. The second kappa shape index (κ2) is 5.75. The summed E-state index contributed by atoms with van der Waals surface area (Å²) in [6.45, 7) is 3.40. The normalized spacial score (nSPS) is 9.69. The number of anilines is 1. The molecule has 0 atom stereocenters. The minimum Gasteiger partial charge on any atom is -0.321 e. The molecule has 0 fully saturated rings. The van der Waals surface area contributed by atoms with Crippen molar-refractivity contribution < 1.29 is 14.4 Å². The van der Waals surface area contributed by atoms with Crippen LogP contribution in [0.4, 0.5) is 10.5 Å². The number of hydrogen-bond acceptors (Lipinski definition) is 3. The zero-order chi connectivity index (χ0) is 12.0. The third-order valence-corrected chi connectivity index (χ3v) is 1.79. The quantitative estimate of drug-likeness (QED) is 0.751. The summed E-state index contributed by atoms with van der Waals surface area (Å²) in [5.74, 6) is -0.576. The van der Waals surface area contributed by atoms with Crippen molar-refractivity contribution in [2.75, 3.05) is 5.32 Å². The van der Waals surface area contributed by atoms with Crippen LogP contribution in [-0.4, -0.2) is 12.0 Å². The summed E-state index contributed by atoms with van der Waals surface area (Å²) in [5.41, 5.74) is 2.65. The van der Waals surface area contributed by atoms with Gasteiger partial charge in [-0.1, -0.05) is 32.0 Å². The first-order chi connectivity index (χ1) is 7.59. The lowest BCUT2D eigenvalue weighted by atomic mass is 10.2. The molecule has 5 nitrogen and oxygen atoms in total. The maximum Gasteiger partial charge on any atom is 0.436 e. The molecule has 0 radical (unpaired) electrons. The van der Waals surface area contributed by atoms with Crippen LogP contribution in [0, 0.1) is 5.92 Å². The minimum atomic E-state index is -0.722. The van der Waals surface area contributed by atoms with Crippen molar-refractivity contribution in [1.82, 2.24) is 5.48 Å². The van der Waals surface area contributed by atoms with Crippen molar-refractivity contribution in [1.29, 1.82) is 0 Å². The van der Waals surface area contributed by atoms with Crippen LogP contribution in [0.25, 0.3) is 0 Å². The smallest absolute Gasteiger partial charge is 0.321 e. The van der Waals surface area contributed by atoms with Crippen LogP contribution in [0.3, 0.4) is 0 Å². The maximum atomic E-state index is 11.2. The van der Waals surface area contributed by atoms with E-state index in [1.54, 1.807) is 38.1 Å². The lowest BCUT2D eigenvalue weighted by Crippen LogP contribution is -2.32. The van der Waals surface area contributed by atoms with E-state index in [0.29, 0.717) is 5.69 Å². The Kier molecular flexibility index (Phi) is 4.32. The first-order valence-corrected chi connectivity index (χ1v) is 4.92. The number of para-hydroxylation sites is 1. The highest BCUT2D eigenvalue weighted by atomic mass is 16.7. The highest BCUT2D eigenvalue weighted by molar-refractivity contribution is 5.86. The van der Waals surface area contributed by atoms with Crippen LogP contribution >= 0.6 is 0 Å². The topological polar surface area (TPSA) is 67.4 Å². The number of carbonyl (C=O) groups excluding carboxylic acids is 2. The van der Waals surface area contributed by atoms with E-state index in [0.717, 1.165) is 0 Å². The van der Waals surface area contributed by atoms with Crippen LogP contribution in [0.15, 0.2) is 30.3 Å². The van der Waals surface area contributed by atoms with Crippen molar-refractivity contribution in [3.05, 3.63) is 30.3 Å². The largest absolute Gasteiger partial charge is 0.436 e. The van der Waals surface area contributed by atoms with Gasteiger partial charge in [-0.05, 0) is 12.1 Å². The van der Waals surface area contributed by atoms with Crippen molar-refractivity contribution in [2.24, 2.45) is 5.92 Å². The van der Waals surface area contributed by atoms with Gasteiger partial charge in [0.15, 0.2) is 0 Å². The molecule has 0 saturated heterocycles. The van der Waals surface area contributed by atoms with Crippen LogP contribution in [0.1, 0.15) is 13.8 Å². The first-order valence-electron chi connectivity index (χ1n) is 4.92. The molecule has 0 bridgehead atoms. The molecule has 16 heavy (non-hydrogen) atoms. The number of nitrogens with one attached hydrogen (secondary N) is 2. The second-order valence-corrected chi connectivity index (χ2v) is 3.50. The highest BCUT2D eigenvalue weighted by Gasteiger charge is 2.09. The van der Waals surface area contributed by atoms with Gasteiger partial charge in [-0.2, -0.15) is 5.48 Å². The average Bonchev–Trinajstić information content (AvgIpc) is 2.27. The summed E-state index contributed by atoms with van der Waals surface area (Å²) in [7, 11) is 0. The standard InChI is InChI=1S/C11H14N2O3/c1-8(2)10(14)13-16-11(15)12-9-6-4-3-5-7-9/h3-8H,1-2H3,(H,12,15)(H,13,14). The monoisotopic (exact) mass is 222 g/mol. The molecular formula is C11H14N2O3. The van der Waals surface area contributed by atoms with E-state index in [1.807, 2.05) is 6.07 Å². The molecule has 0 saturated carbocycles. The van der Waals surface area contributed by atoms with Gasteiger partial charge in [0.1, 0.15) is 0 Å². The molecule has 0 heterocycles. The molecule has 2 amide bonds. The van der Waals surface area contributed by atoms with Gasteiger partial charge in [-0.15, -0.1) is 0 Å². The summed E-state index contributed by atoms with van der Waals surface area (Å²) in [6, 6.07) is 8.82. The second-order valence-electron chi connectivity index (χ2n) is 3.50. The lowest BCUT2D eigenvalue weighted by Gasteiger charge is -2.08. The summed E-state index contributed by atoms with van der Waals surface area (Å²) < 4.78 is 0. The van der Waals surface area contributed by atoms with Crippen LogP contribution in [0.2, 0.25) is 0 Å². The molecule has 0 aliphatic rings. The average molecular weight is 222 g/mol. The fraction of sp³-hybridized carbons (Fsp3) is 0.273. The fourth-order valence-electron chi connectivity index (χ4n) is 0.879. The van der Waals surface area contributed by atoms with Gasteiger partial charge < -0.3 is 4.84 Å². The van der Waals surface area contributed by atoms with Crippen molar-refractivity contribution >= 4 is 17.7 Å². The van der Waals surface area contributed by atoms with Crippen LogP contribution in [-0.2, 0) is 9.63 Å². The van der Waals surface area contributed by atoms with E-state index >= 15 is 0 Å². The molecule has 1 rings (SSSR count). The lowest BCUT2D eigenvalue weighted by molar-refractivity contribution is -0.132. The van der Waals surface area contributed by atoms with Crippen molar-refractivity contribution in [2.45, 2.75) is 13.8 Å². The summed E-state index contributed by atoms with van der Waals surface area (Å²) in [5, 5.41) is 2.46. The van der Waals surface area contributed by atoms with Gasteiger partial charge in [0.2, 0.25) is 0 Å². The third kappa shape index (κ3) is 4.00. The number of hydroxylamine groups is 1. The van der Waals surface area contributed by atoms with Gasteiger partial charge in [0, 0.05) is 11.6 Å². The van der Waals surface area contributed by atoms with Gasteiger partial charge in [0.05, 0.1) is 0 Å². The molecule has 0 aliphatic heterocycles. The van der Waals surface area contributed by atoms with Gasteiger partial charge >= 0.3 is 6.09 Å². The molecule has 1 aromatic rings. The molecule has 0 unspecified atom stereocenters. The van der Waals surface area contributed by atoms with Gasteiger partial charge in [0.25, 0.3) is 5.91 Å². The Hall–Kier alpha value is -2.04. The minimum absolute atomic E-state index is 0.232. The molecule has 5 heteroatoms. The molecule has 1 aromatic carbocycles. The summed E-state index contributed by atoms with van der Waals surface area (Å²) >= 11 is 0. The summed E-state index contributed by atoms with van der Waals surface area (Å²) in [4.78, 5) is 26.8. The van der Waals surface area contributed by atoms with E-state index in [1.165, 1.54) is 0 Å². The Balaban J connectivity index is 2.35. The zero-order valence-corrected chi connectivity index (χ0v) is 9.19.